The molecule has 16 rings (SSSR count). The van der Waals surface area contributed by atoms with Crippen LogP contribution in [0.5, 0.6) is 0 Å². The molecule has 12 aromatic carbocycles. The van der Waals surface area contributed by atoms with Crippen LogP contribution in [0.2, 0.25) is 0 Å². The minimum absolute atomic E-state index is 0.806. The smallest absolute Gasteiger partial charge is 0.143 e. The quantitative estimate of drug-likeness (QED) is 0.114. The van der Waals surface area contributed by atoms with Crippen LogP contribution in [0.4, 0.5) is 34.1 Å². The fourth-order valence-corrected chi connectivity index (χ4v) is 12.5. The van der Waals surface area contributed by atoms with Crippen LogP contribution < -0.4 is 9.80 Å². The number of hydrogen-bond acceptors (Lipinski definition) is 6. The van der Waals surface area contributed by atoms with Gasteiger partial charge in [-0.1, -0.05) is 182 Å². The van der Waals surface area contributed by atoms with Crippen molar-refractivity contribution < 1.29 is 8.83 Å². The van der Waals surface area contributed by atoms with E-state index in [4.69, 9.17) is 8.83 Å². The van der Waals surface area contributed by atoms with Crippen molar-refractivity contribution in [2.45, 2.75) is 0 Å². The number of benzene rings is 12. The third-order valence-electron chi connectivity index (χ3n) is 16.4. The highest BCUT2D eigenvalue weighted by Crippen LogP contribution is 2.51. The molecule has 6 heteroatoms. The lowest BCUT2D eigenvalue weighted by atomic mass is 9.91. The second-order valence-electron chi connectivity index (χ2n) is 21.3. The average Bonchev–Trinajstić information content (AvgIpc) is 1.68. The van der Waals surface area contributed by atoms with Crippen molar-refractivity contribution in [2.24, 2.45) is 0 Å². The second kappa shape index (κ2) is 20.3. The predicted molar refractivity (Wildman–Crippen MR) is 347 cm³/mol. The largest absolute Gasteiger partial charge is 0.455 e. The van der Waals surface area contributed by atoms with Gasteiger partial charge in [0.2, 0.25) is 0 Å². The van der Waals surface area contributed by atoms with Crippen molar-refractivity contribution in [2.75, 3.05) is 9.80 Å². The van der Waals surface area contributed by atoms with Gasteiger partial charge in [-0.15, -0.1) is 0 Å². The molecule has 4 aromatic heterocycles. The normalized spacial score (nSPS) is 11.6. The van der Waals surface area contributed by atoms with Crippen LogP contribution in [0.15, 0.2) is 313 Å². The maximum Gasteiger partial charge on any atom is 0.143 e. The first-order chi connectivity index (χ1) is 41.7. The van der Waals surface area contributed by atoms with Crippen molar-refractivity contribution in [3.8, 4) is 67.2 Å². The van der Waals surface area contributed by atoms with Crippen molar-refractivity contribution in [1.82, 2.24) is 9.97 Å². The lowest BCUT2D eigenvalue weighted by molar-refractivity contribution is 0.632. The van der Waals surface area contributed by atoms with Crippen LogP contribution in [-0.2, 0) is 0 Å². The van der Waals surface area contributed by atoms with E-state index in [0.717, 1.165) is 145 Å². The van der Waals surface area contributed by atoms with Gasteiger partial charge in [-0.3, -0.25) is 9.97 Å². The fraction of sp³-hybridized carbons (Fsp3) is 0. The molecule has 0 spiro atoms. The average molecular weight is 1080 g/mol. The van der Waals surface area contributed by atoms with E-state index in [0.29, 0.717) is 0 Å². The zero-order chi connectivity index (χ0) is 55.5. The van der Waals surface area contributed by atoms with Crippen LogP contribution in [-0.4, -0.2) is 9.97 Å². The van der Waals surface area contributed by atoms with E-state index in [-0.39, 0.29) is 0 Å². The zero-order valence-electron chi connectivity index (χ0n) is 45.5. The Morgan fingerprint density at radius 3 is 0.952 bits per heavy atom. The first kappa shape index (κ1) is 48.6. The highest BCUT2D eigenvalue weighted by atomic mass is 16.3. The number of fused-ring (bicyclic) bond motifs is 2. The first-order valence-electron chi connectivity index (χ1n) is 28.3. The molecule has 0 radical (unpaired) electrons. The molecular weight excluding hydrogens is 1020 g/mol. The van der Waals surface area contributed by atoms with E-state index >= 15 is 0 Å². The topological polar surface area (TPSA) is 58.5 Å². The van der Waals surface area contributed by atoms with Gasteiger partial charge in [0.1, 0.15) is 22.7 Å². The number of nitrogens with zero attached hydrogens (tertiary/aromatic N) is 4. The molecule has 0 bridgehead atoms. The van der Waals surface area contributed by atoms with Gasteiger partial charge in [0, 0.05) is 103 Å². The monoisotopic (exact) mass is 1070 g/mol. The maximum atomic E-state index is 7.02. The first-order valence-corrected chi connectivity index (χ1v) is 28.3. The molecule has 0 unspecified atom stereocenters. The van der Waals surface area contributed by atoms with Gasteiger partial charge in [0.25, 0.3) is 0 Å². The lowest BCUT2D eigenvalue weighted by Gasteiger charge is -2.29. The van der Waals surface area contributed by atoms with Crippen molar-refractivity contribution in [3.05, 3.63) is 304 Å². The van der Waals surface area contributed by atoms with Gasteiger partial charge in [0.05, 0.1) is 11.4 Å². The summed E-state index contributed by atoms with van der Waals surface area (Å²) in [5, 5.41) is 9.05. The Morgan fingerprint density at radius 1 is 0.250 bits per heavy atom. The molecule has 6 nitrogen and oxygen atoms in total. The number of hydrogen-bond donors (Lipinski definition) is 0. The number of furan rings is 2. The third kappa shape index (κ3) is 8.35. The minimum atomic E-state index is 0.806. The van der Waals surface area contributed by atoms with E-state index < -0.39 is 0 Å². The van der Waals surface area contributed by atoms with Gasteiger partial charge < -0.3 is 18.6 Å². The van der Waals surface area contributed by atoms with Crippen molar-refractivity contribution in [1.29, 1.82) is 0 Å². The molecular formula is C78H50N4O2. The Morgan fingerprint density at radius 2 is 0.571 bits per heavy atom. The number of rotatable bonds is 12. The SMILES string of the molecule is c1ccc(-c2oc3cc(N(c4ccc(-c5ccncc5)cc4)c4ccc5ccc6c(N(c7ccc(-c8ccncc8)cc7)c7ccc8c(-c9ccccc9)c(-c9ccccc9)oc8c7)ccc7ccc4c5c76)ccc3c2-c2ccccc2)cc1. The van der Waals surface area contributed by atoms with Gasteiger partial charge in [-0.2, -0.15) is 0 Å². The van der Waals surface area contributed by atoms with E-state index in [2.05, 4.69) is 287 Å². The molecule has 0 saturated heterocycles. The highest BCUT2D eigenvalue weighted by molar-refractivity contribution is 6.28. The molecule has 0 aliphatic carbocycles. The van der Waals surface area contributed by atoms with Crippen molar-refractivity contribution in [3.63, 3.8) is 0 Å². The summed E-state index contributed by atoms with van der Waals surface area (Å²) < 4.78 is 14.0. The molecule has 0 aliphatic rings. The Kier molecular flexibility index (Phi) is 11.8. The molecule has 84 heavy (non-hydrogen) atoms. The summed E-state index contributed by atoms with van der Waals surface area (Å²) in [6.07, 6.45) is 7.38. The number of aromatic nitrogens is 2. The van der Waals surface area contributed by atoms with Crippen LogP contribution in [0.3, 0.4) is 0 Å². The Hall–Kier alpha value is -11.3. The van der Waals surface area contributed by atoms with Gasteiger partial charge in [-0.25, -0.2) is 0 Å². The predicted octanol–water partition coefficient (Wildman–Crippen LogP) is 21.8. The summed E-state index contributed by atoms with van der Waals surface area (Å²) in [6.45, 7) is 0. The molecule has 0 saturated carbocycles. The van der Waals surface area contributed by atoms with Gasteiger partial charge in [-0.05, 0) is 140 Å². The maximum absolute atomic E-state index is 7.02. The molecule has 394 valence electrons. The standard InChI is InChI=1S/C78H50N4O2/c1-5-13-55(14-6-1)75-67-37-33-63(49-71(67)83-77(75)59-17-9-3-10-18-59)81(61-29-21-51(22-30-61)53-41-45-79-46-42-53)69-39-27-57-26-36-66-70(40-28-58-25-35-65(69)73(57)74(58)66)82(62-31-23-52(24-32-62)54-43-47-80-48-44-54)64-34-38-68-72(50-64)84-78(60-19-11-4-12-20-60)76(68)56-15-7-2-8-16-56/h1-50H. The molecule has 0 N–H and O–H groups in total. The zero-order valence-corrected chi connectivity index (χ0v) is 45.5. The summed E-state index contributed by atoms with van der Waals surface area (Å²) >= 11 is 0. The van der Waals surface area contributed by atoms with Crippen LogP contribution in [0, 0.1) is 0 Å². The molecule has 4 heterocycles. The third-order valence-corrected chi connectivity index (χ3v) is 16.4. The minimum Gasteiger partial charge on any atom is -0.455 e. The van der Waals surface area contributed by atoms with Crippen molar-refractivity contribution >= 4 is 88.4 Å². The summed E-state index contributed by atoms with van der Waals surface area (Å²) in [5.74, 6) is 1.69. The Bertz CT molecular complexity index is 4710. The molecule has 0 amide bonds. The lowest BCUT2D eigenvalue weighted by Crippen LogP contribution is -2.11. The molecule has 0 fully saturated rings. The van der Waals surface area contributed by atoms with E-state index in [1.165, 1.54) is 10.8 Å². The van der Waals surface area contributed by atoms with E-state index in [1.807, 2.05) is 36.9 Å². The van der Waals surface area contributed by atoms with E-state index in [1.54, 1.807) is 0 Å². The number of pyridine rings is 2. The Labute approximate surface area is 485 Å². The van der Waals surface area contributed by atoms with E-state index in [9.17, 15) is 0 Å². The van der Waals surface area contributed by atoms with Crippen LogP contribution >= 0.6 is 0 Å². The summed E-state index contributed by atoms with van der Waals surface area (Å²) in [7, 11) is 0. The second-order valence-corrected chi connectivity index (χ2v) is 21.3. The van der Waals surface area contributed by atoms with Gasteiger partial charge in [0.15, 0.2) is 0 Å². The molecule has 0 atom stereocenters. The van der Waals surface area contributed by atoms with Crippen LogP contribution in [0.25, 0.3) is 121 Å². The highest BCUT2D eigenvalue weighted by Gasteiger charge is 2.26. The summed E-state index contributed by atoms with van der Waals surface area (Å²) in [6, 6.07) is 99.6. The fourth-order valence-electron chi connectivity index (χ4n) is 12.5. The molecule has 0 aliphatic heterocycles. The summed E-state index contributed by atoms with van der Waals surface area (Å²) in [5.41, 5.74) is 18.5. The Balaban J connectivity index is 0.895. The number of anilines is 6. The summed E-state index contributed by atoms with van der Waals surface area (Å²) in [4.78, 5) is 13.4. The van der Waals surface area contributed by atoms with Crippen LogP contribution in [0.1, 0.15) is 0 Å². The molecule has 16 aromatic rings. The van der Waals surface area contributed by atoms with Gasteiger partial charge >= 0.3 is 0 Å².